The van der Waals surface area contributed by atoms with Crippen LogP contribution in [0.3, 0.4) is 0 Å². The summed E-state index contributed by atoms with van der Waals surface area (Å²) in [6, 6.07) is 12.5. The molecule has 0 aliphatic carbocycles. The molecular weight excluding hydrogens is 546 g/mol. The standard InChI is InChI=1S/C26H23BrF2N6O2/c1-14-23-19(25(28)29)11-20(21-5-4-10-37-21)30-26(23)35(32-14)13-22(36)31-24-15(2)33-34(16(24)3)12-17-6-8-18(27)9-7-17/h4-11,25H,12-13H2,1-3H3,(H,31,36). The van der Waals surface area contributed by atoms with E-state index in [0.717, 1.165) is 15.7 Å². The van der Waals surface area contributed by atoms with Gasteiger partial charge in [0.1, 0.15) is 12.2 Å². The largest absolute Gasteiger partial charge is 0.463 e. The molecule has 190 valence electrons. The predicted molar refractivity (Wildman–Crippen MR) is 138 cm³/mol. The Kier molecular flexibility index (Phi) is 6.63. The Morgan fingerprint density at radius 3 is 2.49 bits per heavy atom. The van der Waals surface area contributed by atoms with Gasteiger partial charge in [0, 0.05) is 10.0 Å². The number of furan rings is 1. The Hall–Kier alpha value is -3.86. The molecule has 11 heteroatoms. The quantitative estimate of drug-likeness (QED) is 0.252. The van der Waals surface area contributed by atoms with Crippen molar-refractivity contribution in [1.29, 1.82) is 0 Å². The average Bonchev–Trinajstić information content (AvgIpc) is 3.56. The topological polar surface area (TPSA) is 90.8 Å². The number of benzene rings is 1. The van der Waals surface area contributed by atoms with Gasteiger partial charge in [0.05, 0.1) is 41.0 Å². The first-order valence-corrected chi connectivity index (χ1v) is 12.3. The number of aromatic nitrogens is 5. The summed E-state index contributed by atoms with van der Waals surface area (Å²) in [5.41, 5.74) is 3.74. The monoisotopic (exact) mass is 568 g/mol. The van der Waals surface area contributed by atoms with E-state index in [0.29, 0.717) is 29.4 Å². The fourth-order valence-electron chi connectivity index (χ4n) is 4.33. The molecule has 0 bridgehead atoms. The van der Waals surface area contributed by atoms with Crippen LogP contribution in [0.5, 0.6) is 0 Å². The first kappa shape index (κ1) is 24.8. The van der Waals surface area contributed by atoms with Gasteiger partial charge in [-0.2, -0.15) is 10.2 Å². The molecule has 4 aromatic heterocycles. The SMILES string of the molecule is Cc1nn(Cc2ccc(Br)cc2)c(C)c1NC(=O)Cn1nc(C)c2c(C(F)F)cc(-c3ccco3)nc21. The van der Waals surface area contributed by atoms with Crippen molar-refractivity contribution in [2.24, 2.45) is 0 Å². The van der Waals surface area contributed by atoms with Crippen molar-refractivity contribution < 1.29 is 18.0 Å². The van der Waals surface area contributed by atoms with Crippen molar-refractivity contribution in [2.75, 3.05) is 5.32 Å². The van der Waals surface area contributed by atoms with Crippen molar-refractivity contribution in [3.8, 4) is 11.5 Å². The minimum absolute atomic E-state index is 0.191. The van der Waals surface area contributed by atoms with Gasteiger partial charge in [-0.25, -0.2) is 18.4 Å². The molecule has 0 saturated heterocycles. The molecule has 0 spiro atoms. The number of amides is 1. The molecule has 0 aliphatic heterocycles. The van der Waals surface area contributed by atoms with Gasteiger partial charge in [0.15, 0.2) is 11.4 Å². The van der Waals surface area contributed by atoms with Crippen LogP contribution >= 0.6 is 15.9 Å². The van der Waals surface area contributed by atoms with E-state index in [-0.39, 0.29) is 34.7 Å². The molecule has 1 amide bonds. The number of nitrogens with one attached hydrogen (secondary N) is 1. The smallest absolute Gasteiger partial charge is 0.264 e. The van der Waals surface area contributed by atoms with Crippen LogP contribution in [0.4, 0.5) is 14.5 Å². The lowest BCUT2D eigenvalue weighted by molar-refractivity contribution is -0.116. The number of carbonyl (C=O) groups excluding carboxylic acids is 1. The summed E-state index contributed by atoms with van der Waals surface area (Å²) in [6.07, 6.45) is -1.30. The van der Waals surface area contributed by atoms with Gasteiger partial charge in [0.2, 0.25) is 5.91 Å². The van der Waals surface area contributed by atoms with Crippen LogP contribution in [0.15, 0.2) is 57.6 Å². The van der Waals surface area contributed by atoms with Gasteiger partial charge in [-0.15, -0.1) is 0 Å². The first-order chi connectivity index (χ1) is 17.7. The maximum atomic E-state index is 13.9. The number of halogens is 3. The van der Waals surface area contributed by atoms with Gasteiger partial charge in [-0.05, 0) is 56.7 Å². The molecule has 0 unspecified atom stereocenters. The molecule has 4 heterocycles. The molecule has 0 aliphatic rings. The summed E-state index contributed by atoms with van der Waals surface area (Å²) < 4.78 is 37.4. The number of carbonyl (C=O) groups is 1. The molecule has 37 heavy (non-hydrogen) atoms. The fraction of sp³-hybridized carbons (Fsp3) is 0.231. The molecule has 1 N–H and O–H groups in total. The Labute approximate surface area is 219 Å². The number of hydrogen-bond donors (Lipinski definition) is 1. The minimum atomic E-state index is -2.74. The molecule has 8 nitrogen and oxygen atoms in total. The lowest BCUT2D eigenvalue weighted by atomic mass is 10.1. The number of alkyl halides is 2. The maximum absolute atomic E-state index is 13.9. The van der Waals surface area contributed by atoms with Gasteiger partial charge in [-0.1, -0.05) is 28.1 Å². The zero-order chi connectivity index (χ0) is 26.3. The van der Waals surface area contributed by atoms with Gasteiger partial charge in [-0.3, -0.25) is 9.48 Å². The Morgan fingerprint density at radius 1 is 1.08 bits per heavy atom. The summed E-state index contributed by atoms with van der Waals surface area (Å²) in [7, 11) is 0. The molecular formula is C26H23BrF2N6O2. The predicted octanol–water partition coefficient (Wildman–Crippen LogP) is 6.20. The Morgan fingerprint density at radius 2 is 1.81 bits per heavy atom. The van der Waals surface area contributed by atoms with E-state index >= 15 is 0 Å². The van der Waals surface area contributed by atoms with Crippen molar-refractivity contribution in [1.82, 2.24) is 24.5 Å². The fourth-order valence-corrected chi connectivity index (χ4v) is 4.59. The van der Waals surface area contributed by atoms with E-state index in [1.54, 1.807) is 19.1 Å². The van der Waals surface area contributed by atoms with E-state index in [1.807, 2.05) is 42.8 Å². The summed E-state index contributed by atoms with van der Waals surface area (Å²) >= 11 is 3.43. The highest BCUT2D eigenvalue weighted by Crippen LogP contribution is 2.33. The van der Waals surface area contributed by atoms with Crippen molar-refractivity contribution in [3.05, 3.63) is 81.4 Å². The van der Waals surface area contributed by atoms with E-state index in [4.69, 9.17) is 4.42 Å². The number of rotatable bonds is 7. The van der Waals surface area contributed by atoms with Crippen LogP contribution in [0.2, 0.25) is 0 Å². The van der Waals surface area contributed by atoms with Gasteiger partial charge < -0.3 is 9.73 Å². The molecule has 0 saturated carbocycles. The molecule has 0 atom stereocenters. The van der Waals surface area contributed by atoms with Crippen LogP contribution in [-0.2, 0) is 17.9 Å². The third-order valence-corrected chi connectivity index (χ3v) is 6.63. The number of hydrogen-bond acceptors (Lipinski definition) is 5. The van der Waals surface area contributed by atoms with Crippen molar-refractivity contribution in [2.45, 2.75) is 40.3 Å². The Bertz CT molecular complexity index is 1590. The third-order valence-electron chi connectivity index (χ3n) is 6.10. The zero-order valence-corrected chi connectivity index (χ0v) is 21.9. The van der Waals surface area contributed by atoms with Crippen molar-refractivity contribution in [3.63, 3.8) is 0 Å². The molecule has 0 fully saturated rings. The summed E-state index contributed by atoms with van der Waals surface area (Å²) in [5.74, 6) is -0.0225. The molecule has 5 rings (SSSR count). The molecule has 0 radical (unpaired) electrons. The van der Waals surface area contributed by atoms with Crippen molar-refractivity contribution >= 4 is 38.6 Å². The summed E-state index contributed by atoms with van der Waals surface area (Å²) in [6.45, 7) is 5.67. The summed E-state index contributed by atoms with van der Waals surface area (Å²) in [4.78, 5) is 17.6. The number of aryl methyl sites for hydroxylation is 2. The second-order valence-electron chi connectivity index (χ2n) is 8.69. The molecule has 1 aromatic carbocycles. The average molecular weight is 569 g/mol. The lowest BCUT2D eigenvalue weighted by Crippen LogP contribution is -2.20. The number of pyridine rings is 1. The van der Waals surface area contributed by atoms with E-state index in [9.17, 15) is 13.6 Å². The number of anilines is 1. The van der Waals surface area contributed by atoms with Crippen LogP contribution in [-0.4, -0.2) is 30.5 Å². The first-order valence-electron chi connectivity index (χ1n) is 11.5. The highest BCUT2D eigenvalue weighted by molar-refractivity contribution is 9.10. The maximum Gasteiger partial charge on any atom is 0.264 e. The second-order valence-corrected chi connectivity index (χ2v) is 9.61. The second kappa shape index (κ2) is 9.89. The minimum Gasteiger partial charge on any atom is -0.463 e. The van der Waals surface area contributed by atoms with E-state index < -0.39 is 6.43 Å². The normalized spacial score (nSPS) is 11.5. The number of nitrogens with zero attached hydrogens (tertiary/aromatic N) is 5. The van der Waals surface area contributed by atoms with Crippen LogP contribution in [0.25, 0.3) is 22.5 Å². The highest BCUT2D eigenvalue weighted by Gasteiger charge is 2.23. The summed E-state index contributed by atoms with van der Waals surface area (Å²) in [5, 5.41) is 12.1. The van der Waals surface area contributed by atoms with Gasteiger partial charge in [0.25, 0.3) is 6.43 Å². The number of fused-ring (bicyclic) bond motifs is 1. The van der Waals surface area contributed by atoms with Crippen LogP contribution < -0.4 is 5.32 Å². The highest BCUT2D eigenvalue weighted by atomic mass is 79.9. The zero-order valence-electron chi connectivity index (χ0n) is 20.3. The third kappa shape index (κ3) is 4.91. The van der Waals surface area contributed by atoms with E-state index in [1.165, 1.54) is 17.0 Å². The van der Waals surface area contributed by atoms with Gasteiger partial charge >= 0.3 is 0 Å². The Balaban J connectivity index is 1.43. The lowest BCUT2D eigenvalue weighted by Gasteiger charge is -2.09. The van der Waals surface area contributed by atoms with Crippen LogP contribution in [0.1, 0.15) is 34.6 Å². The molecule has 5 aromatic rings. The van der Waals surface area contributed by atoms with Crippen LogP contribution in [0, 0.1) is 20.8 Å². The van der Waals surface area contributed by atoms with E-state index in [2.05, 4.69) is 36.4 Å².